The Labute approximate surface area is 105 Å². The van der Waals surface area contributed by atoms with E-state index in [1.807, 2.05) is 0 Å². The summed E-state index contributed by atoms with van der Waals surface area (Å²) in [5.41, 5.74) is 2.67. The van der Waals surface area contributed by atoms with Gasteiger partial charge in [0.2, 0.25) is 0 Å². The lowest BCUT2D eigenvalue weighted by atomic mass is 9.90. The van der Waals surface area contributed by atoms with Crippen LogP contribution in [-0.2, 0) is 12.8 Å². The fourth-order valence-electron chi connectivity index (χ4n) is 1.97. The molecule has 0 bridgehead atoms. The average molecular weight is 229 g/mol. The van der Waals surface area contributed by atoms with Crippen molar-refractivity contribution in [2.75, 3.05) is 0 Å². The lowest BCUT2D eigenvalue weighted by Gasteiger charge is -2.13. The third-order valence-electron chi connectivity index (χ3n) is 3.09. The predicted octanol–water partition coefficient (Wildman–Crippen LogP) is 4.22. The summed E-state index contributed by atoms with van der Waals surface area (Å²) >= 11 is 0. The van der Waals surface area contributed by atoms with Gasteiger partial charge in [-0.3, -0.25) is 0 Å². The monoisotopic (exact) mass is 229 g/mol. The fraction of sp³-hybridized carbons (Fsp3) is 0.562. The van der Waals surface area contributed by atoms with Crippen molar-refractivity contribution in [3.63, 3.8) is 0 Å². The van der Waals surface area contributed by atoms with Crippen LogP contribution in [0.1, 0.15) is 38.8 Å². The van der Waals surface area contributed by atoms with Crippen molar-refractivity contribution in [3.8, 4) is 6.07 Å². The highest BCUT2D eigenvalue weighted by atomic mass is 14.3. The van der Waals surface area contributed by atoms with Crippen LogP contribution in [0.3, 0.4) is 0 Å². The van der Waals surface area contributed by atoms with Crippen molar-refractivity contribution in [2.24, 2.45) is 17.8 Å². The third-order valence-corrected chi connectivity index (χ3v) is 3.09. The molecule has 0 fully saturated rings. The van der Waals surface area contributed by atoms with Crippen LogP contribution in [0, 0.1) is 29.1 Å². The summed E-state index contributed by atoms with van der Waals surface area (Å²) in [6, 6.07) is 11.1. The maximum Gasteiger partial charge on any atom is 0.0661 e. The second-order valence-corrected chi connectivity index (χ2v) is 5.60. The summed E-state index contributed by atoms with van der Waals surface area (Å²) in [4.78, 5) is 0. The minimum atomic E-state index is 0.131. The Morgan fingerprint density at radius 1 is 0.941 bits per heavy atom. The normalized spacial score (nSPS) is 12.8. The zero-order valence-corrected chi connectivity index (χ0v) is 11.4. The van der Waals surface area contributed by atoms with Gasteiger partial charge < -0.3 is 0 Å². The molecule has 0 saturated heterocycles. The van der Waals surface area contributed by atoms with Crippen LogP contribution in [0.5, 0.6) is 0 Å². The number of hydrogen-bond donors (Lipinski definition) is 0. The number of nitrogens with zero attached hydrogens (tertiary/aromatic N) is 1. The van der Waals surface area contributed by atoms with Crippen LogP contribution in [-0.4, -0.2) is 0 Å². The molecule has 0 aliphatic rings. The van der Waals surface area contributed by atoms with Gasteiger partial charge >= 0.3 is 0 Å². The molecule has 1 heteroatoms. The summed E-state index contributed by atoms with van der Waals surface area (Å²) in [5.74, 6) is 1.25. The molecule has 0 aliphatic carbocycles. The predicted molar refractivity (Wildman–Crippen MR) is 72.6 cm³/mol. The highest BCUT2D eigenvalue weighted by Crippen LogP contribution is 2.17. The smallest absolute Gasteiger partial charge is 0.0661 e. The van der Waals surface area contributed by atoms with Crippen LogP contribution in [0.15, 0.2) is 24.3 Å². The van der Waals surface area contributed by atoms with Gasteiger partial charge in [-0.1, -0.05) is 52.0 Å². The van der Waals surface area contributed by atoms with Gasteiger partial charge in [0.05, 0.1) is 12.0 Å². The van der Waals surface area contributed by atoms with E-state index in [0.717, 1.165) is 12.8 Å². The first-order valence-corrected chi connectivity index (χ1v) is 6.50. The van der Waals surface area contributed by atoms with Crippen molar-refractivity contribution < 1.29 is 0 Å². The molecule has 17 heavy (non-hydrogen) atoms. The van der Waals surface area contributed by atoms with Crippen molar-refractivity contribution in [1.82, 2.24) is 0 Å². The number of nitriles is 1. The Morgan fingerprint density at radius 3 is 1.76 bits per heavy atom. The van der Waals surface area contributed by atoms with Gasteiger partial charge in [-0.15, -0.1) is 0 Å². The molecule has 0 aliphatic heterocycles. The zero-order chi connectivity index (χ0) is 12.8. The Morgan fingerprint density at radius 2 is 1.41 bits per heavy atom. The van der Waals surface area contributed by atoms with E-state index in [0.29, 0.717) is 11.8 Å². The van der Waals surface area contributed by atoms with E-state index in [-0.39, 0.29) is 5.92 Å². The highest BCUT2D eigenvalue weighted by molar-refractivity contribution is 5.24. The SMILES string of the molecule is CC(C)Cc1ccc(CC(C#N)C(C)C)cc1. The molecule has 1 aromatic carbocycles. The highest BCUT2D eigenvalue weighted by Gasteiger charge is 2.12. The summed E-state index contributed by atoms with van der Waals surface area (Å²) in [5, 5.41) is 9.08. The zero-order valence-electron chi connectivity index (χ0n) is 11.4. The second-order valence-electron chi connectivity index (χ2n) is 5.60. The van der Waals surface area contributed by atoms with E-state index in [4.69, 9.17) is 5.26 Å². The minimum absolute atomic E-state index is 0.131. The van der Waals surface area contributed by atoms with Gasteiger partial charge in [0.15, 0.2) is 0 Å². The molecule has 92 valence electrons. The van der Waals surface area contributed by atoms with E-state index >= 15 is 0 Å². The van der Waals surface area contributed by atoms with E-state index in [9.17, 15) is 0 Å². The Hall–Kier alpha value is -1.29. The van der Waals surface area contributed by atoms with Crippen LogP contribution in [0.2, 0.25) is 0 Å². The number of benzene rings is 1. The lowest BCUT2D eigenvalue weighted by molar-refractivity contribution is 0.474. The molecule has 0 spiro atoms. The first-order valence-electron chi connectivity index (χ1n) is 6.50. The Bertz CT molecular complexity index is 368. The van der Waals surface area contributed by atoms with E-state index in [1.165, 1.54) is 11.1 Å². The molecular formula is C16H23N. The molecule has 1 rings (SSSR count). The molecule has 0 heterocycles. The maximum atomic E-state index is 9.08. The molecule has 1 atom stereocenters. The molecule has 0 radical (unpaired) electrons. The van der Waals surface area contributed by atoms with Gasteiger partial charge in [0.1, 0.15) is 0 Å². The van der Waals surface area contributed by atoms with Gasteiger partial charge in [0.25, 0.3) is 0 Å². The Balaban J connectivity index is 2.65. The van der Waals surface area contributed by atoms with Gasteiger partial charge in [0, 0.05) is 0 Å². The molecule has 0 N–H and O–H groups in total. The standard InChI is InChI=1S/C16H23N/c1-12(2)9-14-5-7-15(8-6-14)10-16(11-17)13(3)4/h5-8,12-13,16H,9-10H2,1-4H3. The number of hydrogen-bond acceptors (Lipinski definition) is 1. The molecular weight excluding hydrogens is 206 g/mol. The van der Waals surface area contributed by atoms with Crippen LogP contribution in [0.25, 0.3) is 0 Å². The third kappa shape index (κ3) is 4.61. The molecule has 1 unspecified atom stereocenters. The van der Waals surface area contributed by atoms with E-state index in [1.54, 1.807) is 0 Å². The molecule has 0 aromatic heterocycles. The molecule has 0 saturated carbocycles. The van der Waals surface area contributed by atoms with Crippen LogP contribution < -0.4 is 0 Å². The van der Waals surface area contributed by atoms with Gasteiger partial charge in [-0.05, 0) is 35.8 Å². The van der Waals surface area contributed by atoms with Crippen molar-refractivity contribution in [3.05, 3.63) is 35.4 Å². The largest absolute Gasteiger partial charge is 0.198 e. The van der Waals surface area contributed by atoms with Crippen molar-refractivity contribution in [1.29, 1.82) is 5.26 Å². The van der Waals surface area contributed by atoms with Crippen LogP contribution >= 0.6 is 0 Å². The average Bonchev–Trinajstić information content (AvgIpc) is 2.26. The summed E-state index contributed by atoms with van der Waals surface area (Å²) in [7, 11) is 0. The topological polar surface area (TPSA) is 23.8 Å². The van der Waals surface area contributed by atoms with Crippen molar-refractivity contribution in [2.45, 2.75) is 40.5 Å². The number of rotatable bonds is 5. The summed E-state index contributed by atoms with van der Waals surface area (Å²) < 4.78 is 0. The first kappa shape index (κ1) is 13.8. The summed E-state index contributed by atoms with van der Waals surface area (Å²) in [6.07, 6.45) is 2.00. The lowest BCUT2D eigenvalue weighted by Crippen LogP contribution is -2.09. The van der Waals surface area contributed by atoms with Crippen molar-refractivity contribution >= 4 is 0 Å². The molecule has 0 amide bonds. The van der Waals surface area contributed by atoms with Gasteiger partial charge in [-0.25, -0.2) is 0 Å². The molecule has 1 nitrogen and oxygen atoms in total. The Kier molecular flexibility index (Phi) is 5.22. The minimum Gasteiger partial charge on any atom is -0.198 e. The second kappa shape index (κ2) is 6.45. The van der Waals surface area contributed by atoms with E-state index < -0.39 is 0 Å². The quantitative estimate of drug-likeness (QED) is 0.741. The maximum absolute atomic E-state index is 9.08. The first-order chi connectivity index (χ1) is 8.02. The van der Waals surface area contributed by atoms with E-state index in [2.05, 4.69) is 58.0 Å². The summed E-state index contributed by atoms with van der Waals surface area (Å²) in [6.45, 7) is 8.69. The molecule has 1 aromatic rings. The fourth-order valence-corrected chi connectivity index (χ4v) is 1.97. The van der Waals surface area contributed by atoms with Gasteiger partial charge in [-0.2, -0.15) is 5.26 Å². The van der Waals surface area contributed by atoms with Crippen LogP contribution in [0.4, 0.5) is 0 Å².